The normalized spacial score (nSPS) is 16.6. The molecule has 1 aliphatic rings. The van der Waals surface area contributed by atoms with E-state index >= 15 is 0 Å². The molecule has 0 saturated carbocycles. The summed E-state index contributed by atoms with van der Waals surface area (Å²) in [5.41, 5.74) is 4.89. The Labute approximate surface area is 180 Å². The highest BCUT2D eigenvalue weighted by Gasteiger charge is 2.23. The highest BCUT2D eigenvalue weighted by atomic mass is 16.5. The lowest BCUT2D eigenvalue weighted by molar-refractivity contribution is 0.211. The van der Waals surface area contributed by atoms with Crippen LogP contribution in [0.15, 0.2) is 53.5 Å². The van der Waals surface area contributed by atoms with Gasteiger partial charge in [0.1, 0.15) is 0 Å². The first-order valence-corrected chi connectivity index (χ1v) is 10.9. The molecule has 2 aromatic rings. The molecule has 1 atom stereocenters. The summed E-state index contributed by atoms with van der Waals surface area (Å²) in [6.45, 7) is 9.31. The number of aryl methyl sites for hydroxylation is 1. The van der Waals surface area contributed by atoms with Gasteiger partial charge in [0.15, 0.2) is 5.96 Å². The Hall–Kier alpha value is -2.73. The van der Waals surface area contributed by atoms with Gasteiger partial charge in [-0.3, -0.25) is 0 Å². The Balaban J connectivity index is 1.52. The average Bonchev–Trinajstić information content (AvgIpc) is 3.22. The van der Waals surface area contributed by atoms with Gasteiger partial charge in [-0.15, -0.1) is 0 Å². The van der Waals surface area contributed by atoms with Crippen molar-refractivity contribution in [3.05, 3.63) is 59.7 Å². The maximum atomic E-state index is 5.07. The summed E-state index contributed by atoms with van der Waals surface area (Å²) in [7, 11) is 1.71. The lowest BCUT2D eigenvalue weighted by Gasteiger charge is -2.20. The summed E-state index contributed by atoms with van der Waals surface area (Å²) < 4.78 is 5.07. The summed E-state index contributed by atoms with van der Waals surface area (Å²) in [6.07, 6.45) is 1.11. The largest absolute Gasteiger partial charge is 0.383 e. The van der Waals surface area contributed by atoms with Gasteiger partial charge >= 0.3 is 0 Å². The predicted molar refractivity (Wildman–Crippen MR) is 127 cm³/mol. The van der Waals surface area contributed by atoms with E-state index in [4.69, 9.17) is 9.73 Å². The molecule has 0 radical (unpaired) electrons. The van der Waals surface area contributed by atoms with Gasteiger partial charge in [-0.2, -0.15) is 0 Å². The van der Waals surface area contributed by atoms with Gasteiger partial charge in [-0.1, -0.05) is 29.8 Å². The number of hydrogen-bond acceptors (Lipinski definition) is 4. The van der Waals surface area contributed by atoms with Crippen molar-refractivity contribution in [1.82, 2.24) is 10.6 Å². The summed E-state index contributed by atoms with van der Waals surface area (Å²) >= 11 is 0. The third kappa shape index (κ3) is 6.66. The van der Waals surface area contributed by atoms with Crippen LogP contribution in [-0.2, 0) is 11.3 Å². The zero-order valence-corrected chi connectivity index (χ0v) is 18.4. The molecule has 162 valence electrons. The summed E-state index contributed by atoms with van der Waals surface area (Å²) in [5.74, 6) is 0.885. The number of guanidine groups is 1. The van der Waals surface area contributed by atoms with Crippen LogP contribution in [0.5, 0.6) is 0 Å². The molecule has 1 aliphatic heterocycles. The van der Waals surface area contributed by atoms with Gasteiger partial charge in [-0.05, 0) is 50.1 Å². The van der Waals surface area contributed by atoms with Crippen LogP contribution in [0.2, 0.25) is 0 Å². The van der Waals surface area contributed by atoms with E-state index in [-0.39, 0.29) is 0 Å². The number of nitrogens with zero attached hydrogens (tertiary/aromatic N) is 2. The minimum Gasteiger partial charge on any atom is -0.383 e. The summed E-state index contributed by atoms with van der Waals surface area (Å²) in [5, 5.41) is 10.3. The lowest BCUT2D eigenvalue weighted by Crippen LogP contribution is -2.44. The van der Waals surface area contributed by atoms with Gasteiger partial charge in [0.2, 0.25) is 0 Å². The molecule has 1 fully saturated rings. The molecule has 3 rings (SSSR count). The second kappa shape index (κ2) is 11.5. The first kappa shape index (κ1) is 22.0. The van der Waals surface area contributed by atoms with Crippen molar-refractivity contribution in [2.45, 2.75) is 32.9 Å². The summed E-state index contributed by atoms with van der Waals surface area (Å²) in [6, 6.07) is 17.6. The van der Waals surface area contributed by atoms with Crippen molar-refractivity contribution in [2.75, 3.05) is 50.1 Å². The topological polar surface area (TPSA) is 60.9 Å². The molecule has 6 heteroatoms. The van der Waals surface area contributed by atoms with E-state index in [0.717, 1.165) is 44.2 Å². The SMILES string of the molecule is CCNC(=NCc1ccc(NCCOC)cc1)NC1CCN(c2ccc(C)cc2)C1. The third-order valence-corrected chi connectivity index (χ3v) is 5.28. The second-order valence-corrected chi connectivity index (χ2v) is 7.72. The minimum absolute atomic E-state index is 0.400. The fraction of sp³-hybridized carbons (Fsp3) is 0.458. The van der Waals surface area contributed by atoms with Crippen molar-refractivity contribution in [3.8, 4) is 0 Å². The summed E-state index contributed by atoms with van der Waals surface area (Å²) in [4.78, 5) is 7.24. The number of hydrogen-bond donors (Lipinski definition) is 3. The molecule has 0 aromatic heterocycles. The molecule has 0 aliphatic carbocycles. The van der Waals surface area contributed by atoms with E-state index in [1.54, 1.807) is 7.11 Å². The van der Waals surface area contributed by atoms with Crippen molar-refractivity contribution in [3.63, 3.8) is 0 Å². The Morgan fingerprint density at radius 2 is 1.90 bits per heavy atom. The Kier molecular flexibility index (Phi) is 8.39. The van der Waals surface area contributed by atoms with Crippen molar-refractivity contribution < 1.29 is 4.74 Å². The van der Waals surface area contributed by atoms with Gasteiger partial charge in [0.05, 0.1) is 13.2 Å². The van der Waals surface area contributed by atoms with Gasteiger partial charge in [0.25, 0.3) is 0 Å². The molecular weight excluding hydrogens is 374 g/mol. The molecule has 6 nitrogen and oxygen atoms in total. The fourth-order valence-corrected chi connectivity index (χ4v) is 3.58. The number of nitrogens with one attached hydrogen (secondary N) is 3. The van der Waals surface area contributed by atoms with E-state index in [9.17, 15) is 0 Å². The first-order chi connectivity index (χ1) is 14.7. The monoisotopic (exact) mass is 409 g/mol. The van der Waals surface area contributed by atoms with E-state index in [1.165, 1.54) is 16.8 Å². The molecule has 30 heavy (non-hydrogen) atoms. The van der Waals surface area contributed by atoms with E-state index in [2.05, 4.69) is 83.2 Å². The van der Waals surface area contributed by atoms with Crippen molar-refractivity contribution in [1.29, 1.82) is 0 Å². The predicted octanol–water partition coefficient (Wildman–Crippen LogP) is 3.39. The van der Waals surface area contributed by atoms with Gasteiger partial charge in [0, 0.05) is 50.7 Å². The molecule has 3 N–H and O–H groups in total. The lowest BCUT2D eigenvalue weighted by atomic mass is 10.2. The highest BCUT2D eigenvalue weighted by Crippen LogP contribution is 2.20. The zero-order chi connectivity index (χ0) is 21.2. The maximum Gasteiger partial charge on any atom is 0.191 e. The zero-order valence-electron chi connectivity index (χ0n) is 18.4. The van der Waals surface area contributed by atoms with Crippen LogP contribution in [0.25, 0.3) is 0 Å². The second-order valence-electron chi connectivity index (χ2n) is 7.72. The van der Waals surface area contributed by atoms with Crippen molar-refractivity contribution >= 4 is 17.3 Å². The molecule has 1 saturated heterocycles. The van der Waals surface area contributed by atoms with E-state index < -0.39 is 0 Å². The molecule has 2 aromatic carbocycles. The number of benzene rings is 2. The average molecular weight is 410 g/mol. The highest BCUT2D eigenvalue weighted by molar-refractivity contribution is 5.80. The Morgan fingerprint density at radius 3 is 2.60 bits per heavy atom. The Bertz CT molecular complexity index is 788. The van der Waals surface area contributed by atoms with Crippen LogP contribution < -0.4 is 20.9 Å². The van der Waals surface area contributed by atoms with Crippen LogP contribution in [0.1, 0.15) is 24.5 Å². The quantitative estimate of drug-likeness (QED) is 0.337. The number of ether oxygens (including phenoxy) is 1. The van der Waals surface area contributed by atoms with Gasteiger partial charge < -0.3 is 25.6 Å². The van der Waals surface area contributed by atoms with Crippen LogP contribution in [0, 0.1) is 6.92 Å². The first-order valence-electron chi connectivity index (χ1n) is 10.9. The van der Waals surface area contributed by atoms with Crippen LogP contribution in [-0.4, -0.2) is 51.9 Å². The number of aliphatic imine (C=N–C) groups is 1. The third-order valence-electron chi connectivity index (χ3n) is 5.28. The minimum atomic E-state index is 0.400. The fourth-order valence-electron chi connectivity index (χ4n) is 3.58. The number of rotatable bonds is 9. The molecule has 1 heterocycles. The van der Waals surface area contributed by atoms with Crippen LogP contribution in [0.3, 0.4) is 0 Å². The molecule has 0 spiro atoms. The van der Waals surface area contributed by atoms with Crippen molar-refractivity contribution in [2.24, 2.45) is 4.99 Å². The van der Waals surface area contributed by atoms with Crippen LogP contribution in [0.4, 0.5) is 11.4 Å². The van der Waals surface area contributed by atoms with Gasteiger partial charge in [-0.25, -0.2) is 4.99 Å². The standard InChI is InChI=1S/C24H35N5O/c1-4-25-24(27-17-20-7-9-21(10-8-20)26-14-16-30-3)28-22-13-15-29(18-22)23-11-5-19(2)6-12-23/h5-12,22,26H,4,13-18H2,1-3H3,(H2,25,27,28). The molecule has 1 unspecified atom stereocenters. The van der Waals surface area contributed by atoms with Crippen LogP contribution >= 0.6 is 0 Å². The smallest absolute Gasteiger partial charge is 0.191 e. The van der Waals surface area contributed by atoms with E-state index in [0.29, 0.717) is 19.2 Å². The molecular formula is C24H35N5O. The molecule has 0 amide bonds. The number of methoxy groups -OCH3 is 1. The van der Waals surface area contributed by atoms with E-state index in [1.807, 2.05) is 0 Å². The Morgan fingerprint density at radius 1 is 1.13 bits per heavy atom. The maximum absolute atomic E-state index is 5.07. The molecule has 0 bridgehead atoms. The number of anilines is 2.